The molecule has 1 heterocycles. The minimum absolute atomic E-state index is 0.118. The number of hydrogen-bond acceptors (Lipinski definition) is 5. The highest BCUT2D eigenvalue weighted by Crippen LogP contribution is 2.61. The van der Waals surface area contributed by atoms with Crippen LogP contribution in [-0.2, 0) is 10.2 Å². The van der Waals surface area contributed by atoms with Gasteiger partial charge in [-0.15, -0.1) is 0 Å². The third-order valence-electron chi connectivity index (χ3n) is 8.37. The number of ether oxygens (including phenoxy) is 2. The molecule has 5 fully saturated rings. The summed E-state index contributed by atoms with van der Waals surface area (Å²) in [4.78, 5) is 15.7. The molecule has 35 heavy (non-hydrogen) atoms. The summed E-state index contributed by atoms with van der Waals surface area (Å²) in [6.45, 7) is 2.58. The fraction of sp³-hybridized carbons (Fsp3) is 0.448. The van der Waals surface area contributed by atoms with Crippen molar-refractivity contribution in [1.82, 2.24) is 0 Å². The molecular weight excluding hydrogens is 474 g/mol. The van der Waals surface area contributed by atoms with E-state index in [0.717, 1.165) is 29.1 Å². The molecule has 0 aromatic heterocycles. The molecule has 0 atom stereocenters. The summed E-state index contributed by atoms with van der Waals surface area (Å²) >= 11 is 6.97. The summed E-state index contributed by atoms with van der Waals surface area (Å²) in [6, 6.07) is 14.2. The van der Waals surface area contributed by atoms with Gasteiger partial charge in [-0.3, -0.25) is 9.69 Å². The number of carbonyl (C=O) groups excluding carboxylic acids is 1. The molecule has 182 valence electrons. The number of thioether (sulfide) groups is 1. The molecular formula is C29H31NO3S2. The first kappa shape index (κ1) is 23.1. The molecule has 2 aromatic rings. The second kappa shape index (κ2) is 8.97. The van der Waals surface area contributed by atoms with Gasteiger partial charge in [0.2, 0.25) is 0 Å². The largest absolute Gasteiger partial charge is 0.495 e. The number of rotatable bonds is 6. The van der Waals surface area contributed by atoms with Crippen molar-refractivity contribution in [2.24, 2.45) is 17.8 Å². The summed E-state index contributed by atoms with van der Waals surface area (Å²) in [5.41, 5.74) is 3.36. The first-order valence-corrected chi connectivity index (χ1v) is 13.9. The number of nitrogens with zero attached hydrogens (tertiary/aromatic N) is 1. The first-order valence-electron chi connectivity index (χ1n) is 12.7. The Morgan fingerprint density at radius 3 is 2.40 bits per heavy atom. The van der Waals surface area contributed by atoms with E-state index in [-0.39, 0.29) is 5.91 Å². The van der Waals surface area contributed by atoms with Crippen molar-refractivity contribution in [3.63, 3.8) is 0 Å². The van der Waals surface area contributed by atoms with Crippen LogP contribution in [0.25, 0.3) is 6.08 Å². The lowest BCUT2D eigenvalue weighted by Gasteiger charge is -2.57. The van der Waals surface area contributed by atoms with Crippen LogP contribution in [0.4, 0.5) is 5.69 Å². The van der Waals surface area contributed by atoms with Gasteiger partial charge in [-0.1, -0.05) is 42.2 Å². The predicted octanol–water partition coefficient (Wildman–Crippen LogP) is 6.97. The Labute approximate surface area is 217 Å². The fourth-order valence-corrected chi connectivity index (χ4v) is 8.65. The number of thiocarbonyl (C=S) groups is 1. The van der Waals surface area contributed by atoms with Gasteiger partial charge in [-0.2, -0.15) is 0 Å². The third-order valence-corrected chi connectivity index (χ3v) is 9.67. The van der Waals surface area contributed by atoms with E-state index >= 15 is 0 Å². The molecule has 4 nitrogen and oxygen atoms in total. The summed E-state index contributed by atoms with van der Waals surface area (Å²) in [7, 11) is 1.61. The molecule has 1 aliphatic heterocycles. The molecule has 0 N–H and O–H groups in total. The second-order valence-electron chi connectivity index (χ2n) is 10.6. The number of benzene rings is 2. The molecule has 0 spiro atoms. The van der Waals surface area contributed by atoms with Crippen LogP contribution in [0.15, 0.2) is 47.4 Å². The van der Waals surface area contributed by atoms with Crippen LogP contribution < -0.4 is 14.4 Å². The summed E-state index contributed by atoms with van der Waals surface area (Å²) < 4.78 is 12.0. The van der Waals surface area contributed by atoms with Gasteiger partial charge < -0.3 is 9.47 Å². The van der Waals surface area contributed by atoms with Crippen molar-refractivity contribution in [3.8, 4) is 11.5 Å². The average Bonchev–Trinajstić information content (AvgIpc) is 3.11. The van der Waals surface area contributed by atoms with Crippen LogP contribution in [0.3, 0.4) is 0 Å². The van der Waals surface area contributed by atoms with Crippen LogP contribution in [0.5, 0.6) is 11.5 Å². The van der Waals surface area contributed by atoms with E-state index in [9.17, 15) is 4.79 Å². The molecule has 6 heteroatoms. The van der Waals surface area contributed by atoms with Gasteiger partial charge in [0.25, 0.3) is 5.91 Å². The smallest absolute Gasteiger partial charge is 0.270 e. The second-order valence-corrected chi connectivity index (χ2v) is 12.2. The SMILES string of the molecule is CCOc1ccc(C23CC4CC(CC(C4)C2)C3)cc1/C=C1/SC(=S)N(c2ccccc2OC)C1=O. The number of hydrogen-bond donors (Lipinski definition) is 0. The standard InChI is InChI=1S/C29H31NO3S2/c1-3-33-24-9-8-22(29-15-18-10-19(16-29)12-20(11-18)17-29)13-21(24)14-26-27(31)30(28(34)35-26)23-6-4-5-7-25(23)32-2/h4-9,13-14,18-20H,3,10-12,15-17H2,1-2H3/b26-14+. The monoisotopic (exact) mass is 505 g/mol. The van der Waals surface area contributed by atoms with Gasteiger partial charge in [-0.05, 0) is 105 Å². The summed E-state index contributed by atoms with van der Waals surface area (Å²) in [5.74, 6) is 3.98. The maximum absolute atomic E-state index is 13.5. The number of anilines is 1. The lowest BCUT2D eigenvalue weighted by atomic mass is 9.48. The van der Waals surface area contributed by atoms with Gasteiger partial charge in [0.15, 0.2) is 4.32 Å². The molecule has 0 unspecified atom stereocenters. The number of methoxy groups -OCH3 is 1. The maximum Gasteiger partial charge on any atom is 0.270 e. The van der Waals surface area contributed by atoms with E-state index in [4.69, 9.17) is 21.7 Å². The Morgan fingerprint density at radius 2 is 1.74 bits per heavy atom. The van der Waals surface area contributed by atoms with Crippen molar-refractivity contribution in [2.45, 2.75) is 50.9 Å². The number of para-hydroxylation sites is 2. The summed E-state index contributed by atoms with van der Waals surface area (Å²) in [5, 5.41) is 0. The fourth-order valence-electron chi connectivity index (χ4n) is 7.37. The molecule has 4 aliphatic carbocycles. The molecule has 2 aromatic carbocycles. The van der Waals surface area contributed by atoms with E-state index in [1.165, 1.54) is 55.9 Å². The zero-order chi connectivity index (χ0) is 24.2. The van der Waals surface area contributed by atoms with E-state index in [1.807, 2.05) is 37.3 Å². The lowest BCUT2D eigenvalue weighted by Crippen LogP contribution is -2.48. The zero-order valence-electron chi connectivity index (χ0n) is 20.3. The normalized spacial score (nSPS) is 30.4. The molecule has 5 aliphatic rings. The molecule has 0 radical (unpaired) electrons. The van der Waals surface area contributed by atoms with Crippen LogP contribution in [0.2, 0.25) is 0 Å². The Balaban J connectivity index is 1.37. The van der Waals surface area contributed by atoms with Gasteiger partial charge in [-0.25, -0.2) is 0 Å². The highest BCUT2D eigenvalue weighted by Gasteiger charge is 2.51. The van der Waals surface area contributed by atoms with E-state index in [2.05, 4.69) is 18.2 Å². The minimum Gasteiger partial charge on any atom is -0.495 e. The van der Waals surface area contributed by atoms with Crippen molar-refractivity contribution in [1.29, 1.82) is 0 Å². The van der Waals surface area contributed by atoms with E-state index < -0.39 is 0 Å². The Morgan fingerprint density at radius 1 is 1.06 bits per heavy atom. The summed E-state index contributed by atoms with van der Waals surface area (Å²) in [6.07, 6.45) is 10.2. The molecule has 4 saturated carbocycles. The lowest BCUT2D eigenvalue weighted by molar-refractivity contribution is -0.113. The zero-order valence-corrected chi connectivity index (χ0v) is 21.9. The molecule has 7 rings (SSSR count). The van der Waals surface area contributed by atoms with Crippen LogP contribution >= 0.6 is 24.0 Å². The third kappa shape index (κ3) is 3.99. The molecule has 1 amide bonds. The van der Waals surface area contributed by atoms with Gasteiger partial charge in [0, 0.05) is 5.56 Å². The van der Waals surface area contributed by atoms with Crippen molar-refractivity contribution in [2.75, 3.05) is 18.6 Å². The predicted molar refractivity (Wildman–Crippen MR) is 146 cm³/mol. The van der Waals surface area contributed by atoms with Crippen molar-refractivity contribution in [3.05, 3.63) is 58.5 Å². The Bertz CT molecular complexity index is 1180. The van der Waals surface area contributed by atoms with Crippen LogP contribution in [0.1, 0.15) is 56.6 Å². The quantitative estimate of drug-likeness (QED) is 0.313. The van der Waals surface area contributed by atoms with Crippen molar-refractivity contribution < 1.29 is 14.3 Å². The Kier molecular flexibility index (Phi) is 5.92. The van der Waals surface area contributed by atoms with E-state index in [0.29, 0.717) is 32.7 Å². The molecule has 1 saturated heterocycles. The maximum atomic E-state index is 13.5. The topological polar surface area (TPSA) is 38.8 Å². The Hall–Kier alpha value is -2.31. The first-order chi connectivity index (χ1) is 17.0. The average molecular weight is 506 g/mol. The van der Waals surface area contributed by atoms with Crippen LogP contribution in [-0.4, -0.2) is 23.9 Å². The van der Waals surface area contributed by atoms with E-state index in [1.54, 1.807) is 12.0 Å². The molecule has 4 bridgehead atoms. The number of amides is 1. The van der Waals surface area contributed by atoms with Crippen molar-refractivity contribution >= 4 is 46.0 Å². The van der Waals surface area contributed by atoms with Gasteiger partial charge in [0.1, 0.15) is 11.5 Å². The highest BCUT2D eigenvalue weighted by atomic mass is 32.2. The van der Waals surface area contributed by atoms with Crippen LogP contribution in [0, 0.1) is 17.8 Å². The highest BCUT2D eigenvalue weighted by molar-refractivity contribution is 8.27. The van der Waals surface area contributed by atoms with Gasteiger partial charge >= 0.3 is 0 Å². The number of carbonyl (C=O) groups is 1. The van der Waals surface area contributed by atoms with Gasteiger partial charge in [0.05, 0.1) is 24.3 Å². The minimum atomic E-state index is -0.118.